The highest BCUT2D eigenvalue weighted by atomic mass is 16.5. The van der Waals surface area contributed by atoms with Gasteiger partial charge in [0.25, 0.3) is 0 Å². The summed E-state index contributed by atoms with van der Waals surface area (Å²) >= 11 is 0. The standard InChI is InChI=1S/C52H99NO5/c1-3-5-7-9-11-13-15-16-17-18-19-22-26-30-34-38-42-46-52(57)58-47-43-39-35-31-27-23-20-21-25-29-33-37-41-45-51(56)53-49(48-54)50(55)44-40-36-32-28-24-14-12-10-8-6-4-2/h11,13,16-17,49-50,54-55H,3-10,12,14-15,18-48H2,1-2H3,(H,53,56)/b13-11-,17-16-. The number of carbonyl (C=O) groups is 2. The van der Waals surface area contributed by atoms with Crippen molar-refractivity contribution >= 4 is 11.9 Å². The first-order valence-corrected chi connectivity index (χ1v) is 25.6. The molecule has 0 saturated heterocycles. The Hall–Kier alpha value is -1.66. The molecule has 1 amide bonds. The van der Waals surface area contributed by atoms with Gasteiger partial charge in [-0.1, -0.05) is 224 Å². The lowest BCUT2D eigenvalue weighted by Crippen LogP contribution is -2.45. The second-order valence-corrected chi connectivity index (χ2v) is 17.5. The summed E-state index contributed by atoms with van der Waals surface area (Å²) in [6.07, 6.45) is 55.7. The van der Waals surface area contributed by atoms with Crippen molar-refractivity contribution in [2.24, 2.45) is 0 Å². The molecule has 342 valence electrons. The van der Waals surface area contributed by atoms with Crippen molar-refractivity contribution in [1.29, 1.82) is 0 Å². The maximum Gasteiger partial charge on any atom is 0.305 e. The lowest BCUT2D eigenvalue weighted by atomic mass is 10.0. The van der Waals surface area contributed by atoms with Crippen molar-refractivity contribution in [1.82, 2.24) is 5.32 Å². The smallest absolute Gasteiger partial charge is 0.305 e. The van der Waals surface area contributed by atoms with Crippen molar-refractivity contribution in [3.63, 3.8) is 0 Å². The number of aliphatic hydroxyl groups is 2. The molecule has 0 fully saturated rings. The molecular formula is C52H99NO5. The van der Waals surface area contributed by atoms with Crippen LogP contribution < -0.4 is 5.32 Å². The van der Waals surface area contributed by atoms with E-state index < -0.39 is 12.1 Å². The number of nitrogens with one attached hydrogen (secondary N) is 1. The summed E-state index contributed by atoms with van der Waals surface area (Å²) in [6.45, 7) is 4.88. The zero-order valence-electron chi connectivity index (χ0n) is 38.8. The molecule has 0 aliphatic rings. The lowest BCUT2D eigenvalue weighted by Gasteiger charge is -2.22. The molecular weight excluding hydrogens is 719 g/mol. The first kappa shape index (κ1) is 56.3. The van der Waals surface area contributed by atoms with Crippen molar-refractivity contribution in [2.75, 3.05) is 13.2 Å². The number of carbonyl (C=O) groups excluding carboxylic acids is 2. The Bertz CT molecular complexity index is 904. The normalized spacial score (nSPS) is 12.8. The highest BCUT2D eigenvalue weighted by Crippen LogP contribution is 2.16. The molecule has 58 heavy (non-hydrogen) atoms. The van der Waals surface area contributed by atoms with E-state index in [2.05, 4.69) is 43.5 Å². The van der Waals surface area contributed by atoms with Crippen LogP contribution in [0.15, 0.2) is 24.3 Å². The van der Waals surface area contributed by atoms with Gasteiger partial charge in [0, 0.05) is 12.8 Å². The summed E-state index contributed by atoms with van der Waals surface area (Å²) in [4.78, 5) is 24.5. The Morgan fingerprint density at radius 3 is 1.34 bits per heavy atom. The van der Waals surface area contributed by atoms with Crippen LogP contribution in [0.5, 0.6) is 0 Å². The Kier molecular flexibility index (Phi) is 46.6. The van der Waals surface area contributed by atoms with Gasteiger partial charge >= 0.3 is 5.97 Å². The van der Waals surface area contributed by atoms with Gasteiger partial charge in [0.05, 0.1) is 25.4 Å². The molecule has 0 aliphatic heterocycles. The van der Waals surface area contributed by atoms with Crippen molar-refractivity contribution in [3.8, 4) is 0 Å². The summed E-state index contributed by atoms with van der Waals surface area (Å²) in [5.41, 5.74) is 0. The van der Waals surface area contributed by atoms with E-state index in [-0.39, 0.29) is 18.5 Å². The minimum atomic E-state index is -0.671. The van der Waals surface area contributed by atoms with E-state index in [1.807, 2.05) is 0 Å². The maximum atomic E-state index is 12.4. The van der Waals surface area contributed by atoms with Crippen LogP contribution in [0.4, 0.5) is 0 Å². The molecule has 0 aromatic heterocycles. The van der Waals surface area contributed by atoms with Gasteiger partial charge in [0.1, 0.15) is 0 Å². The third-order valence-electron chi connectivity index (χ3n) is 11.8. The fourth-order valence-corrected chi connectivity index (χ4v) is 7.79. The Morgan fingerprint density at radius 2 is 0.862 bits per heavy atom. The highest BCUT2D eigenvalue weighted by molar-refractivity contribution is 5.76. The fraction of sp³-hybridized carbons (Fsp3) is 0.885. The van der Waals surface area contributed by atoms with Crippen LogP contribution in [0.2, 0.25) is 0 Å². The summed E-state index contributed by atoms with van der Waals surface area (Å²) in [7, 11) is 0. The molecule has 0 heterocycles. The Labute approximate surface area is 361 Å². The second kappa shape index (κ2) is 48.0. The number of ether oxygens (including phenoxy) is 1. The molecule has 0 saturated carbocycles. The van der Waals surface area contributed by atoms with Crippen LogP contribution >= 0.6 is 0 Å². The lowest BCUT2D eigenvalue weighted by molar-refractivity contribution is -0.143. The molecule has 0 aromatic carbocycles. The van der Waals surface area contributed by atoms with Crippen LogP contribution in [0, 0.1) is 0 Å². The van der Waals surface area contributed by atoms with Gasteiger partial charge in [-0.3, -0.25) is 9.59 Å². The number of esters is 1. The van der Waals surface area contributed by atoms with Gasteiger partial charge < -0.3 is 20.3 Å². The van der Waals surface area contributed by atoms with E-state index in [0.717, 1.165) is 57.8 Å². The Morgan fingerprint density at radius 1 is 0.483 bits per heavy atom. The molecule has 2 unspecified atom stereocenters. The van der Waals surface area contributed by atoms with Crippen LogP contribution in [0.1, 0.15) is 271 Å². The summed E-state index contributed by atoms with van der Waals surface area (Å²) in [5.74, 6) is -0.0630. The van der Waals surface area contributed by atoms with Crippen molar-refractivity contribution < 1.29 is 24.5 Å². The first-order valence-electron chi connectivity index (χ1n) is 25.6. The average Bonchev–Trinajstić information content (AvgIpc) is 3.22. The molecule has 0 bridgehead atoms. The van der Waals surface area contributed by atoms with Gasteiger partial charge in [0.2, 0.25) is 5.91 Å². The topological polar surface area (TPSA) is 95.9 Å². The van der Waals surface area contributed by atoms with E-state index in [9.17, 15) is 19.8 Å². The third kappa shape index (κ3) is 43.9. The van der Waals surface area contributed by atoms with Gasteiger partial charge in [0.15, 0.2) is 0 Å². The highest BCUT2D eigenvalue weighted by Gasteiger charge is 2.20. The van der Waals surface area contributed by atoms with E-state index in [1.165, 1.54) is 180 Å². The van der Waals surface area contributed by atoms with Gasteiger partial charge in [-0.05, 0) is 57.8 Å². The molecule has 0 radical (unpaired) electrons. The molecule has 0 spiro atoms. The van der Waals surface area contributed by atoms with Crippen LogP contribution in [-0.2, 0) is 14.3 Å². The minimum Gasteiger partial charge on any atom is -0.466 e. The minimum absolute atomic E-state index is 0.0135. The van der Waals surface area contributed by atoms with Gasteiger partial charge in [-0.25, -0.2) is 0 Å². The van der Waals surface area contributed by atoms with Crippen molar-refractivity contribution in [2.45, 2.75) is 283 Å². The van der Waals surface area contributed by atoms with Crippen molar-refractivity contribution in [3.05, 3.63) is 24.3 Å². The van der Waals surface area contributed by atoms with E-state index in [1.54, 1.807) is 0 Å². The number of hydrogen-bond donors (Lipinski definition) is 3. The van der Waals surface area contributed by atoms with Crippen LogP contribution in [-0.4, -0.2) is 47.4 Å². The molecule has 2 atom stereocenters. The molecule has 0 rings (SSSR count). The van der Waals surface area contributed by atoms with E-state index in [0.29, 0.717) is 25.9 Å². The number of amides is 1. The zero-order chi connectivity index (χ0) is 42.3. The fourth-order valence-electron chi connectivity index (χ4n) is 7.79. The second-order valence-electron chi connectivity index (χ2n) is 17.5. The molecule has 3 N–H and O–H groups in total. The Balaban J connectivity index is 3.44. The maximum absolute atomic E-state index is 12.4. The molecule has 0 aliphatic carbocycles. The van der Waals surface area contributed by atoms with Crippen LogP contribution in [0.25, 0.3) is 0 Å². The predicted molar refractivity (Wildman–Crippen MR) is 250 cm³/mol. The number of rotatable bonds is 47. The summed E-state index contributed by atoms with van der Waals surface area (Å²) in [5, 5.41) is 23.1. The zero-order valence-corrected chi connectivity index (χ0v) is 38.8. The summed E-state index contributed by atoms with van der Waals surface area (Å²) < 4.78 is 5.46. The number of aliphatic hydroxyl groups excluding tert-OH is 2. The van der Waals surface area contributed by atoms with Gasteiger partial charge in [-0.2, -0.15) is 0 Å². The predicted octanol–water partition coefficient (Wildman–Crippen LogP) is 15.1. The quantitative estimate of drug-likeness (QED) is 0.0323. The molecule has 6 nitrogen and oxygen atoms in total. The monoisotopic (exact) mass is 818 g/mol. The number of allylic oxidation sites excluding steroid dienone is 4. The van der Waals surface area contributed by atoms with E-state index in [4.69, 9.17) is 4.74 Å². The van der Waals surface area contributed by atoms with Gasteiger partial charge in [-0.15, -0.1) is 0 Å². The number of unbranched alkanes of at least 4 members (excludes halogenated alkanes) is 32. The summed E-state index contributed by atoms with van der Waals surface area (Å²) in [6, 6.07) is -0.550. The SMILES string of the molecule is CCCCC/C=C\C/C=C\CCCCCCCCCC(=O)OCCCCCCCCCCCCCCCC(=O)NC(CO)C(O)CCCCCCCCCCCCC. The third-order valence-corrected chi connectivity index (χ3v) is 11.8. The molecule has 0 aromatic rings. The molecule has 6 heteroatoms. The van der Waals surface area contributed by atoms with Crippen LogP contribution in [0.3, 0.4) is 0 Å². The largest absolute Gasteiger partial charge is 0.466 e. The van der Waals surface area contributed by atoms with E-state index >= 15 is 0 Å². The first-order chi connectivity index (χ1) is 28.5. The average molecular weight is 818 g/mol. The number of hydrogen-bond acceptors (Lipinski definition) is 5.